The molecule has 0 aliphatic heterocycles. The predicted molar refractivity (Wildman–Crippen MR) is 103 cm³/mol. The molecule has 0 unspecified atom stereocenters. The number of carbonyl (C=O) groups excluding carboxylic acids is 1. The first kappa shape index (κ1) is 19.0. The minimum atomic E-state index is -0.248. The number of amides is 1. The van der Waals surface area contributed by atoms with Crippen molar-refractivity contribution >= 4 is 11.6 Å². The van der Waals surface area contributed by atoms with Gasteiger partial charge in [-0.05, 0) is 34.7 Å². The van der Waals surface area contributed by atoms with Crippen molar-refractivity contribution in [1.29, 1.82) is 0 Å². The molecule has 1 aromatic carbocycles. The summed E-state index contributed by atoms with van der Waals surface area (Å²) in [4.78, 5) is 23.8. The van der Waals surface area contributed by atoms with Crippen LogP contribution in [0.3, 0.4) is 0 Å². The van der Waals surface area contributed by atoms with Gasteiger partial charge in [-0.1, -0.05) is 46.8 Å². The van der Waals surface area contributed by atoms with E-state index < -0.39 is 0 Å². The fraction of sp³-hybridized carbons (Fsp3) is 0.429. The molecule has 25 heavy (non-hydrogen) atoms. The molecule has 1 heterocycles. The van der Waals surface area contributed by atoms with Crippen LogP contribution >= 0.6 is 0 Å². The number of nitrogens with zero attached hydrogens (tertiary/aromatic N) is 1. The number of carbonyl (C=O) groups is 1. The van der Waals surface area contributed by atoms with Crippen LogP contribution in [-0.4, -0.2) is 10.5 Å². The Kier molecular flexibility index (Phi) is 5.21. The molecule has 0 bridgehead atoms. The Labute approximate surface area is 149 Å². The Morgan fingerprint density at radius 1 is 1.04 bits per heavy atom. The maximum atomic E-state index is 12.5. The molecule has 2 rings (SSSR count). The molecule has 0 spiro atoms. The topological polar surface area (TPSA) is 51.1 Å². The lowest BCUT2D eigenvalue weighted by Gasteiger charge is -2.27. The van der Waals surface area contributed by atoms with Gasteiger partial charge in [0.2, 0.25) is 5.91 Å². The standard InChI is InChI=1S/C21H28N2O2/c1-15(24)22-18-9-7-8-17(12-18)21(5,6)14-23-11-10-16(13-19(23)25)20(2,3)4/h7-13H,14H2,1-6H3,(H,22,24). The first-order valence-electron chi connectivity index (χ1n) is 8.58. The van der Waals surface area contributed by atoms with Crippen LogP contribution < -0.4 is 10.9 Å². The van der Waals surface area contributed by atoms with Crippen molar-refractivity contribution < 1.29 is 4.79 Å². The van der Waals surface area contributed by atoms with Crippen LogP contribution in [0.5, 0.6) is 0 Å². The van der Waals surface area contributed by atoms with Gasteiger partial charge in [-0.3, -0.25) is 9.59 Å². The molecule has 0 radical (unpaired) electrons. The first-order chi connectivity index (χ1) is 11.5. The van der Waals surface area contributed by atoms with E-state index in [4.69, 9.17) is 0 Å². The monoisotopic (exact) mass is 340 g/mol. The summed E-state index contributed by atoms with van der Waals surface area (Å²) in [5.74, 6) is -0.0936. The summed E-state index contributed by atoms with van der Waals surface area (Å²) in [6, 6.07) is 11.5. The lowest BCUT2D eigenvalue weighted by molar-refractivity contribution is -0.114. The Bertz CT molecular complexity index is 826. The van der Waals surface area contributed by atoms with E-state index in [0.717, 1.165) is 16.8 Å². The molecule has 134 valence electrons. The molecule has 0 saturated heterocycles. The molecule has 4 heteroatoms. The highest BCUT2D eigenvalue weighted by atomic mass is 16.1. The maximum absolute atomic E-state index is 12.5. The van der Waals surface area contributed by atoms with E-state index in [0.29, 0.717) is 6.54 Å². The number of aromatic nitrogens is 1. The molecule has 2 aromatic rings. The molecule has 0 fully saturated rings. The zero-order valence-corrected chi connectivity index (χ0v) is 16.0. The highest BCUT2D eigenvalue weighted by molar-refractivity contribution is 5.88. The maximum Gasteiger partial charge on any atom is 0.250 e. The van der Waals surface area contributed by atoms with Crippen molar-refractivity contribution in [3.05, 3.63) is 64.1 Å². The SMILES string of the molecule is CC(=O)Nc1cccc(C(C)(C)Cn2ccc(C(C)(C)C)cc2=O)c1. The number of benzene rings is 1. The van der Waals surface area contributed by atoms with E-state index in [1.807, 2.05) is 36.5 Å². The number of rotatable bonds is 4. The van der Waals surface area contributed by atoms with Crippen LogP contribution in [0.2, 0.25) is 0 Å². The number of nitrogens with one attached hydrogen (secondary N) is 1. The summed E-state index contributed by atoms with van der Waals surface area (Å²) in [5.41, 5.74) is 2.61. The van der Waals surface area contributed by atoms with E-state index in [9.17, 15) is 9.59 Å². The van der Waals surface area contributed by atoms with Gasteiger partial charge in [-0.2, -0.15) is 0 Å². The number of hydrogen-bond donors (Lipinski definition) is 1. The van der Waals surface area contributed by atoms with Crippen LogP contribution in [0.25, 0.3) is 0 Å². The third kappa shape index (κ3) is 4.81. The van der Waals surface area contributed by atoms with Gasteiger partial charge >= 0.3 is 0 Å². The molecule has 0 aliphatic carbocycles. The fourth-order valence-electron chi connectivity index (χ4n) is 2.84. The number of hydrogen-bond acceptors (Lipinski definition) is 2. The largest absolute Gasteiger partial charge is 0.326 e. The summed E-state index contributed by atoms with van der Waals surface area (Å²) in [6.45, 7) is 12.6. The summed E-state index contributed by atoms with van der Waals surface area (Å²) >= 11 is 0. The van der Waals surface area contributed by atoms with Crippen LogP contribution in [0.1, 0.15) is 52.7 Å². The normalized spacial score (nSPS) is 12.1. The van der Waals surface area contributed by atoms with E-state index in [1.165, 1.54) is 6.92 Å². The van der Waals surface area contributed by atoms with Crippen molar-refractivity contribution in [1.82, 2.24) is 4.57 Å². The molecule has 1 amide bonds. The van der Waals surface area contributed by atoms with Crippen LogP contribution in [0, 0.1) is 0 Å². The smallest absolute Gasteiger partial charge is 0.250 e. The molecule has 0 saturated carbocycles. The van der Waals surface area contributed by atoms with E-state index >= 15 is 0 Å². The van der Waals surface area contributed by atoms with Crippen molar-refractivity contribution in [2.45, 2.75) is 58.9 Å². The molecular formula is C21H28N2O2. The van der Waals surface area contributed by atoms with Gasteiger partial charge in [0.05, 0.1) is 0 Å². The Morgan fingerprint density at radius 3 is 2.28 bits per heavy atom. The van der Waals surface area contributed by atoms with Crippen molar-refractivity contribution in [3.63, 3.8) is 0 Å². The molecule has 1 aromatic heterocycles. The zero-order valence-electron chi connectivity index (χ0n) is 16.0. The van der Waals surface area contributed by atoms with Crippen molar-refractivity contribution in [2.75, 3.05) is 5.32 Å². The minimum absolute atomic E-state index is 0.0125. The third-order valence-corrected chi connectivity index (χ3v) is 4.39. The minimum Gasteiger partial charge on any atom is -0.326 e. The van der Waals surface area contributed by atoms with Gasteiger partial charge in [0.15, 0.2) is 0 Å². The Balaban J connectivity index is 2.30. The lowest BCUT2D eigenvalue weighted by atomic mass is 9.84. The molecular weight excluding hydrogens is 312 g/mol. The first-order valence-corrected chi connectivity index (χ1v) is 8.58. The van der Waals surface area contributed by atoms with Crippen LogP contribution in [0.15, 0.2) is 47.4 Å². The van der Waals surface area contributed by atoms with E-state index in [2.05, 4.69) is 39.9 Å². The fourth-order valence-corrected chi connectivity index (χ4v) is 2.84. The highest BCUT2D eigenvalue weighted by Gasteiger charge is 2.23. The number of pyridine rings is 1. The second-order valence-electron chi connectivity index (χ2n) is 8.28. The summed E-state index contributed by atoms with van der Waals surface area (Å²) in [7, 11) is 0. The van der Waals surface area contributed by atoms with E-state index in [-0.39, 0.29) is 22.3 Å². The molecule has 0 aliphatic rings. The Morgan fingerprint density at radius 2 is 1.72 bits per heavy atom. The van der Waals surface area contributed by atoms with Crippen molar-refractivity contribution in [3.8, 4) is 0 Å². The molecule has 4 nitrogen and oxygen atoms in total. The molecule has 1 N–H and O–H groups in total. The van der Waals surface area contributed by atoms with Gasteiger partial charge in [0, 0.05) is 36.8 Å². The summed E-state index contributed by atoms with van der Waals surface area (Å²) < 4.78 is 1.75. The average Bonchev–Trinajstić information content (AvgIpc) is 2.47. The summed E-state index contributed by atoms with van der Waals surface area (Å²) in [6.07, 6.45) is 1.88. The van der Waals surface area contributed by atoms with Gasteiger partial charge in [-0.15, -0.1) is 0 Å². The quantitative estimate of drug-likeness (QED) is 0.911. The molecule has 0 atom stereocenters. The lowest BCUT2D eigenvalue weighted by Crippen LogP contribution is -2.31. The van der Waals surface area contributed by atoms with Gasteiger partial charge in [-0.25, -0.2) is 0 Å². The number of anilines is 1. The average molecular weight is 340 g/mol. The predicted octanol–water partition coefficient (Wildman–Crippen LogP) is 4.08. The van der Waals surface area contributed by atoms with Crippen LogP contribution in [-0.2, 0) is 22.2 Å². The second-order valence-corrected chi connectivity index (χ2v) is 8.28. The van der Waals surface area contributed by atoms with Crippen molar-refractivity contribution in [2.24, 2.45) is 0 Å². The second kappa shape index (κ2) is 6.87. The Hall–Kier alpha value is -2.36. The van der Waals surface area contributed by atoms with Gasteiger partial charge < -0.3 is 9.88 Å². The summed E-state index contributed by atoms with van der Waals surface area (Å²) in [5, 5.41) is 2.81. The van der Waals surface area contributed by atoms with Gasteiger partial charge in [0.1, 0.15) is 0 Å². The highest BCUT2D eigenvalue weighted by Crippen LogP contribution is 2.27. The van der Waals surface area contributed by atoms with Crippen LogP contribution in [0.4, 0.5) is 5.69 Å². The van der Waals surface area contributed by atoms with Gasteiger partial charge in [0.25, 0.3) is 5.56 Å². The van der Waals surface area contributed by atoms with E-state index in [1.54, 1.807) is 10.6 Å². The zero-order chi connectivity index (χ0) is 18.8. The third-order valence-electron chi connectivity index (χ3n) is 4.39.